The minimum absolute atomic E-state index is 0.0527. The minimum atomic E-state index is -0.262. The molecule has 3 aromatic rings. The molecule has 3 aromatic heterocycles. The predicted octanol–water partition coefficient (Wildman–Crippen LogP) is 2.59. The summed E-state index contributed by atoms with van der Waals surface area (Å²) in [5, 5.41) is 9.69. The molecule has 3 aliphatic heterocycles. The Morgan fingerprint density at radius 1 is 1.21 bits per heavy atom. The van der Waals surface area contributed by atoms with Gasteiger partial charge in [0.25, 0.3) is 0 Å². The number of hydrogen-bond acceptors (Lipinski definition) is 9. The average molecular weight is 463 g/mol. The summed E-state index contributed by atoms with van der Waals surface area (Å²) < 4.78 is 13.9. The second-order valence-electron chi connectivity index (χ2n) is 9.31. The standard InChI is InChI=1S/C23H26N8O3/c1-24-15-8-18-27-16-7-12(26-22-20(16)34-10-13-3-2-6-30(13)22)9-33-17-5-4-14(17)28-23(32)31-11-25-19(15)21(31)29-18/h7-8,11,13-14,17H,2-6,9-10H2,1H3,(H,28,32)(H2,24,27,29)/t13-,14-,17-/m1/s1. The Labute approximate surface area is 195 Å². The highest BCUT2D eigenvalue weighted by atomic mass is 16.5. The number of carbonyl (C=O) groups is 1. The molecule has 176 valence electrons. The van der Waals surface area contributed by atoms with E-state index in [-0.39, 0.29) is 18.2 Å². The summed E-state index contributed by atoms with van der Waals surface area (Å²) in [6.07, 6.45) is 5.48. The van der Waals surface area contributed by atoms with Crippen LogP contribution in [0.15, 0.2) is 18.5 Å². The van der Waals surface area contributed by atoms with Crippen LogP contribution in [-0.4, -0.2) is 63.9 Å². The number of carbonyl (C=O) groups excluding carboxylic acids is 1. The molecule has 11 heteroatoms. The van der Waals surface area contributed by atoms with Crippen molar-refractivity contribution in [3.8, 4) is 5.75 Å². The Kier molecular flexibility index (Phi) is 4.35. The van der Waals surface area contributed by atoms with Crippen molar-refractivity contribution in [2.24, 2.45) is 0 Å². The van der Waals surface area contributed by atoms with Crippen molar-refractivity contribution in [1.29, 1.82) is 0 Å². The molecule has 1 saturated heterocycles. The number of ether oxygens (including phenoxy) is 2. The van der Waals surface area contributed by atoms with Gasteiger partial charge in [0.15, 0.2) is 17.2 Å². The molecule has 0 spiro atoms. The zero-order valence-electron chi connectivity index (χ0n) is 18.9. The zero-order chi connectivity index (χ0) is 22.8. The van der Waals surface area contributed by atoms with Gasteiger partial charge >= 0.3 is 6.03 Å². The molecule has 1 amide bonds. The summed E-state index contributed by atoms with van der Waals surface area (Å²) in [4.78, 5) is 29.6. The van der Waals surface area contributed by atoms with E-state index in [0.29, 0.717) is 36.2 Å². The highest BCUT2D eigenvalue weighted by Gasteiger charge is 2.36. The van der Waals surface area contributed by atoms with Crippen molar-refractivity contribution < 1.29 is 14.3 Å². The van der Waals surface area contributed by atoms with Crippen molar-refractivity contribution in [2.75, 3.05) is 35.7 Å². The summed E-state index contributed by atoms with van der Waals surface area (Å²) in [6.45, 7) is 1.98. The Balaban J connectivity index is 1.39. The van der Waals surface area contributed by atoms with Crippen molar-refractivity contribution in [3.63, 3.8) is 0 Å². The van der Waals surface area contributed by atoms with Crippen LogP contribution in [-0.2, 0) is 11.3 Å². The Bertz CT molecular complexity index is 1310. The summed E-state index contributed by atoms with van der Waals surface area (Å²) in [5.41, 5.74) is 3.50. The fourth-order valence-corrected chi connectivity index (χ4v) is 5.33. The maximum absolute atomic E-state index is 13.1. The third kappa shape index (κ3) is 2.99. The van der Waals surface area contributed by atoms with E-state index in [1.807, 2.05) is 19.2 Å². The van der Waals surface area contributed by atoms with Crippen LogP contribution < -0.4 is 25.6 Å². The Morgan fingerprint density at radius 3 is 3.00 bits per heavy atom. The topological polar surface area (TPSA) is 118 Å². The van der Waals surface area contributed by atoms with Crippen LogP contribution in [0.2, 0.25) is 0 Å². The highest BCUT2D eigenvalue weighted by Crippen LogP contribution is 2.43. The molecule has 0 aromatic carbocycles. The smallest absolute Gasteiger partial charge is 0.328 e. The van der Waals surface area contributed by atoms with Gasteiger partial charge in [-0.15, -0.1) is 0 Å². The van der Waals surface area contributed by atoms with E-state index in [1.165, 1.54) is 10.9 Å². The molecule has 6 heterocycles. The largest absolute Gasteiger partial charge is 0.485 e. The van der Waals surface area contributed by atoms with Crippen LogP contribution in [0.5, 0.6) is 5.75 Å². The van der Waals surface area contributed by atoms with Gasteiger partial charge in [0, 0.05) is 19.7 Å². The van der Waals surface area contributed by atoms with E-state index >= 15 is 0 Å². The van der Waals surface area contributed by atoms with E-state index in [9.17, 15) is 4.79 Å². The number of pyridine rings is 2. The van der Waals surface area contributed by atoms with Crippen LogP contribution in [0.4, 0.5) is 27.8 Å². The van der Waals surface area contributed by atoms with E-state index in [1.54, 1.807) is 0 Å². The van der Waals surface area contributed by atoms with Crippen LogP contribution in [0, 0.1) is 0 Å². The number of anilines is 4. The second-order valence-corrected chi connectivity index (χ2v) is 9.31. The maximum atomic E-state index is 13.1. The van der Waals surface area contributed by atoms with Gasteiger partial charge in [-0.2, -0.15) is 0 Å². The SMILES string of the molecule is CNc1cc2nc3c1ncn3C(=O)N[C@@H]1CC[C@H]1OCc1cc(c3c(n1)N1CCC[C@@H]1CO3)N2. The van der Waals surface area contributed by atoms with Crippen molar-refractivity contribution in [1.82, 2.24) is 24.8 Å². The number of fused-ring (bicyclic) bond motifs is 8. The van der Waals surface area contributed by atoms with Crippen LogP contribution >= 0.6 is 0 Å². The summed E-state index contributed by atoms with van der Waals surface area (Å²) in [6, 6.07) is 3.91. The fourth-order valence-electron chi connectivity index (χ4n) is 5.33. The summed E-state index contributed by atoms with van der Waals surface area (Å²) in [7, 11) is 1.83. The molecule has 1 aliphatic carbocycles. The summed E-state index contributed by atoms with van der Waals surface area (Å²) in [5.74, 6) is 2.18. The van der Waals surface area contributed by atoms with Crippen molar-refractivity contribution >= 4 is 40.2 Å². The summed E-state index contributed by atoms with van der Waals surface area (Å²) >= 11 is 0. The normalized spacial score (nSPS) is 25.3. The van der Waals surface area contributed by atoms with Gasteiger partial charge in [0.05, 0.1) is 41.9 Å². The third-order valence-electron chi connectivity index (χ3n) is 7.30. The Morgan fingerprint density at radius 2 is 2.15 bits per heavy atom. The quantitative estimate of drug-likeness (QED) is 0.501. The second kappa shape index (κ2) is 7.45. The van der Waals surface area contributed by atoms with E-state index < -0.39 is 0 Å². The third-order valence-corrected chi connectivity index (χ3v) is 7.30. The van der Waals surface area contributed by atoms with Crippen LogP contribution in [0.3, 0.4) is 0 Å². The highest BCUT2D eigenvalue weighted by molar-refractivity contribution is 5.94. The number of amides is 1. The molecular formula is C23H26N8O3. The lowest BCUT2D eigenvalue weighted by molar-refractivity contribution is -0.0335. The lowest BCUT2D eigenvalue weighted by atomic mass is 9.89. The van der Waals surface area contributed by atoms with Gasteiger partial charge in [-0.3, -0.25) is 0 Å². The van der Waals surface area contributed by atoms with E-state index in [4.69, 9.17) is 19.4 Å². The van der Waals surface area contributed by atoms with Crippen LogP contribution in [0.25, 0.3) is 11.2 Å². The zero-order valence-corrected chi connectivity index (χ0v) is 18.9. The molecule has 3 atom stereocenters. The fraction of sp³-hybridized carbons (Fsp3) is 0.478. The molecular weight excluding hydrogens is 436 g/mol. The van der Waals surface area contributed by atoms with Gasteiger partial charge in [-0.05, 0) is 31.7 Å². The number of aromatic nitrogens is 4. The molecule has 4 bridgehead atoms. The van der Waals surface area contributed by atoms with Gasteiger partial charge in [0.2, 0.25) is 0 Å². The predicted molar refractivity (Wildman–Crippen MR) is 126 cm³/mol. The van der Waals surface area contributed by atoms with E-state index in [0.717, 1.165) is 60.9 Å². The molecule has 34 heavy (non-hydrogen) atoms. The van der Waals surface area contributed by atoms with Gasteiger partial charge in [-0.25, -0.2) is 24.3 Å². The first kappa shape index (κ1) is 19.8. The number of rotatable bonds is 1. The van der Waals surface area contributed by atoms with E-state index in [2.05, 4.69) is 25.8 Å². The van der Waals surface area contributed by atoms with Gasteiger partial charge in [0.1, 0.15) is 24.3 Å². The molecule has 4 aliphatic rings. The average Bonchev–Trinajstić information content (AvgIpc) is 3.48. The molecule has 3 N–H and O–H groups in total. The lowest BCUT2D eigenvalue weighted by Crippen LogP contribution is -2.52. The number of imidazole rings is 1. The Hall–Kier alpha value is -3.60. The monoisotopic (exact) mass is 462 g/mol. The molecule has 0 radical (unpaired) electrons. The molecule has 1 saturated carbocycles. The van der Waals surface area contributed by atoms with Crippen LogP contribution in [0.1, 0.15) is 31.4 Å². The maximum Gasteiger partial charge on any atom is 0.328 e. The van der Waals surface area contributed by atoms with Gasteiger partial charge < -0.3 is 30.3 Å². The first-order chi connectivity index (χ1) is 16.7. The first-order valence-corrected chi connectivity index (χ1v) is 11.9. The number of nitrogens with one attached hydrogen (secondary N) is 3. The molecule has 2 fully saturated rings. The van der Waals surface area contributed by atoms with Gasteiger partial charge in [-0.1, -0.05) is 0 Å². The first-order valence-electron chi connectivity index (χ1n) is 11.9. The number of nitrogens with zero attached hydrogens (tertiary/aromatic N) is 5. The minimum Gasteiger partial charge on any atom is -0.485 e. The van der Waals surface area contributed by atoms with Crippen molar-refractivity contribution in [2.45, 2.75) is 50.5 Å². The molecule has 11 nitrogen and oxygen atoms in total. The number of hydrogen-bond donors (Lipinski definition) is 3. The molecule has 7 rings (SSSR count). The van der Waals surface area contributed by atoms with Crippen molar-refractivity contribution in [3.05, 3.63) is 24.2 Å². The lowest BCUT2D eigenvalue weighted by Gasteiger charge is -2.37. The molecule has 0 unspecified atom stereocenters.